The lowest BCUT2D eigenvalue weighted by Crippen LogP contribution is -2.14. The molecule has 1 aromatic heterocycles. The molecule has 1 aromatic rings. The Balaban J connectivity index is 0.000001000. The van der Waals surface area contributed by atoms with Crippen molar-refractivity contribution < 1.29 is 4.74 Å². The second-order valence-electron chi connectivity index (χ2n) is 1.89. The fourth-order valence-electron chi connectivity index (χ4n) is 0.669. The fourth-order valence-corrected chi connectivity index (χ4v) is 1.29. The van der Waals surface area contributed by atoms with E-state index >= 15 is 0 Å². The van der Waals surface area contributed by atoms with E-state index in [0.717, 1.165) is 6.54 Å². The topological polar surface area (TPSA) is 38.0 Å². The van der Waals surface area contributed by atoms with Crippen molar-refractivity contribution >= 4 is 23.7 Å². The molecule has 1 heterocycles. The third-order valence-corrected chi connectivity index (χ3v) is 1.93. The van der Waals surface area contributed by atoms with Crippen LogP contribution in [-0.4, -0.2) is 18.3 Å². The van der Waals surface area contributed by atoms with Crippen molar-refractivity contribution in [2.75, 3.05) is 13.7 Å². The average Bonchev–Trinajstić information content (AvgIpc) is 2.31. The summed E-state index contributed by atoms with van der Waals surface area (Å²) in [6.07, 6.45) is 1.89. The number of nitrogens with one attached hydrogen (secondary N) is 1. The molecule has 1 N–H and O–H groups in total. The van der Waals surface area contributed by atoms with Crippen LogP contribution < -0.4 is 4.80 Å². The lowest BCUT2D eigenvalue weighted by Gasteiger charge is -1.98. The maximum Gasteiger partial charge on any atom is 0.181 e. The first-order valence-corrected chi connectivity index (χ1v) is 3.90. The number of hydrogen-bond acceptors (Lipinski definition) is 3. The van der Waals surface area contributed by atoms with Crippen LogP contribution in [0.25, 0.3) is 0 Å². The standard InChI is InChI=1S/C6H10N2OS.ClH/c1-9-4-2-8-3-5-10-6(8)7;/h3,5,7H,2,4H2,1H3;1H. The summed E-state index contributed by atoms with van der Waals surface area (Å²) in [4.78, 5) is 0.581. The van der Waals surface area contributed by atoms with Crippen molar-refractivity contribution in [1.29, 1.82) is 5.41 Å². The van der Waals surface area contributed by atoms with Gasteiger partial charge in [0.25, 0.3) is 0 Å². The van der Waals surface area contributed by atoms with Crippen molar-refractivity contribution in [2.45, 2.75) is 6.54 Å². The summed E-state index contributed by atoms with van der Waals surface area (Å²) in [5.41, 5.74) is 0. The molecule has 3 nitrogen and oxygen atoms in total. The van der Waals surface area contributed by atoms with Crippen LogP contribution in [0, 0.1) is 5.41 Å². The highest BCUT2D eigenvalue weighted by Crippen LogP contribution is 1.87. The minimum Gasteiger partial charge on any atom is -0.383 e. The Morgan fingerprint density at radius 1 is 1.73 bits per heavy atom. The molecule has 1 rings (SSSR count). The maximum atomic E-state index is 7.36. The van der Waals surface area contributed by atoms with Gasteiger partial charge in [-0.2, -0.15) is 0 Å². The molecule has 0 saturated carbocycles. The van der Waals surface area contributed by atoms with Crippen LogP contribution in [0.2, 0.25) is 0 Å². The molecule has 0 aliphatic heterocycles. The molecular weight excluding hydrogens is 184 g/mol. The van der Waals surface area contributed by atoms with E-state index in [1.807, 2.05) is 16.1 Å². The van der Waals surface area contributed by atoms with Gasteiger partial charge in [0.2, 0.25) is 0 Å². The molecule has 0 aliphatic carbocycles. The number of aromatic nitrogens is 1. The van der Waals surface area contributed by atoms with Crippen LogP contribution >= 0.6 is 23.7 Å². The van der Waals surface area contributed by atoms with E-state index in [-0.39, 0.29) is 12.4 Å². The minimum atomic E-state index is 0. The van der Waals surface area contributed by atoms with Gasteiger partial charge in [-0.1, -0.05) is 0 Å². The van der Waals surface area contributed by atoms with Gasteiger partial charge < -0.3 is 9.30 Å². The van der Waals surface area contributed by atoms with Crippen molar-refractivity contribution in [3.05, 3.63) is 16.4 Å². The lowest BCUT2D eigenvalue weighted by molar-refractivity contribution is 0.186. The van der Waals surface area contributed by atoms with Crippen LogP contribution in [0.1, 0.15) is 0 Å². The zero-order valence-corrected chi connectivity index (χ0v) is 7.87. The summed E-state index contributed by atoms with van der Waals surface area (Å²) < 4.78 is 6.73. The third-order valence-electron chi connectivity index (χ3n) is 1.22. The molecule has 0 amide bonds. The number of halogens is 1. The van der Waals surface area contributed by atoms with Gasteiger partial charge in [0.1, 0.15) is 0 Å². The van der Waals surface area contributed by atoms with Gasteiger partial charge in [-0.15, -0.1) is 23.7 Å². The second-order valence-corrected chi connectivity index (χ2v) is 2.79. The van der Waals surface area contributed by atoms with Gasteiger partial charge in [0.15, 0.2) is 4.80 Å². The summed E-state index contributed by atoms with van der Waals surface area (Å²) in [7, 11) is 1.66. The molecule has 0 aromatic carbocycles. The summed E-state index contributed by atoms with van der Waals surface area (Å²) >= 11 is 1.43. The number of hydrogen-bond donors (Lipinski definition) is 1. The normalized spacial score (nSPS) is 9.18. The number of ether oxygens (including phenoxy) is 1. The predicted octanol–water partition coefficient (Wildman–Crippen LogP) is 1.10. The number of thiazole rings is 1. The number of methoxy groups -OCH3 is 1. The first kappa shape index (κ1) is 10.7. The zero-order chi connectivity index (χ0) is 7.40. The van der Waals surface area contributed by atoms with Gasteiger partial charge in [0, 0.05) is 25.2 Å². The molecule has 0 spiro atoms. The van der Waals surface area contributed by atoms with Crippen molar-refractivity contribution in [1.82, 2.24) is 4.57 Å². The summed E-state index contributed by atoms with van der Waals surface area (Å²) in [5.74, 6) is 0. The summed E-state index contributed by atoms with van der Waals surface area (Å²) in [5, 5.41) is 9.26. The Morgan fingerprint density at radius 2 is 2.45 bits per heavy atom. The monoisotopic (exact) mass is 194 g/mol. The van der Waals surface area contributed by atoms with E-state index < -0.39 is 0 Å². The minimum absolute atomic E-state index is 0. The van der Waals surface area contributed by atoms with E-state index in [1.54, 1.807) is 7.11 Å². The van der Waals surface area contributed by atoms with E-state index in [1.165, 1.54) is 11.3 Å². The van der Waals surface area contributed by atoms with Crippen LogP contribution in [0.5, 0.6) is 0 Å². The van der Waals surface area contributed by atoms with Gasteiger partial charge in [-0.3, -0.25) is 5.41 Å². The van der Waals surface area contributed by atoms with Crippen LogP contribution in [0.3, 0.4) is 0 Å². The summed E-state index contributed by atoms with van der Waals surface area (Å²) in [6.45, 7) is 1.45. The molecule has 0 bridgehead atoms. The zero-order valence-electron chi connectivity index (χ0n) is 6.24. The van der Waals surface area contributed by atoms with Gasteiger partial charge >= 0.3 is 0 Å². The summed E-state index contributed by atoms with van der Waals surface area (Å²) in [6, 6.07) is 0. The highest BCUT2D eigenvalue weighted by molar-refractivity contribution is 7.06. The Hall–Kier alpha value is -0.320. The molecule has 0 unspecified atom stereocenters. The first-order chi connectivity index (χ1) is 4.84. The molecule has 11 heavy (non-hydrogen) atoms. The Morgan fingerprint density at radius 3 is 2.91 bits per heavy atom. The van der Waals surface area contributed by atoms with Crippen molar-refractivity contribution in [3.8, 4) is 0 Å². The van der Waals surface area contributed by atoms with Crippen molar-refractivity contribution in [2.24, 2.45) is 0 Å². The van der Waals surface area contributed by atoms with Crippen LogP contribution in [0.15, 0.2) is 11.6 Å². The lowest BCUT2D eigenvalue weighted by atomic mass is 10.6. The molecular formula is C6H11ClN2OS. The van der Waals surface area contributed by atoms with Gasteiger partial charge in [-0.05, 0) is 0 Å². The predicted molar refractivity (Wildman–Crippen MR) is 47.3 cm³/mol. The number of nitrogens with zero attached hydrogens (tertiary/aromatic N) is 1. The van der Waals surface area contributed by atoms with E-state index in [9.17, 15) is 0 Å². The van der Waals surface area contributed by atoms with Gasteiger partial charge in [0.05, 0.1) is 6.61 Å². The Kier molecular flexibility index (Phi) is 5.19. The fraction of sp³-hybridized carbons (Fsp3) is 0.500. The van der Waals surface area contributed by atoms with E-state index in [0.29, 0.717) is 11.4 Å². The Labute approximate surface area is 75.5 Å². The SMILES string of the molecule is COCCn1ccsc1=N.Cl. The van der Waals surface area contributed by atoms with Gasteiger partial charge in [-0.25, -0.2) is 0 Å². The molecule has 0 aliphatic rings. The highest BCUT2D eigenvalue weighted by atomic mass is 35.5. The third kappa shape index (κ3) is 3.05. The van der Waals surface area contributed by atoms with Crippen LogP contribution in [-0.2, 0) is 11.3 Å². The highest BCUT2D eigenvalue weighted by Gasteiger charge is 1.90. The van der Waals surface area contributed by atoms with E-state index in [2.05, 4.69) is 0 Å². The smallest absolute Gasteiger partial charge is 0.181 e. The first-order valence-electron chi connectivity index (χ1n) is 3.02. The number of rotatable bonds is 3. The largest absolute Gasteiger partial charge is 0.383 e. The van der Waals surface area contributed by atoms with E-state index in [4.69, 9.17) is 10.1 Å². The quantitative estimate of drug-likeness (QED) is 0.769. The molecule has 0 atom stereocenters. The molecule has 0 radical (unpaired) electrons. The average molecular weight is 195 g/mol. The second kappa shape index (κ2) is 5.35. The maximum absolute atomic E-state index is 7.36. The van der Waals surface area contributed by atoms with Crippen molar-refractivity contribution in [3.63, 3.8) is 0 Å². The van der Waals surface area contributed by atoms with Crippen LogP contribution in [0.4, 0.5) is 0 Å². The Bertz CT molecular complexity index is 245. The molecule has 0 saturated heterocycles. The molecule has 5 heteroatoms. The molecule has 64 valence electrons. The molecule has 0 fully saturated rings.